The molecule has 0 bridgehead atoms. The second-order valence-corrected chi connectivity index (χ2v) is 8.93. The van der Waals surface area contributed by atoms with E-state index in [2.05, 4.69) is 0 Å². The first-order chi connectivity index (χ1) is 12.5. The summed E-state index contributed by atoms with van der Waals surface area (Å²) in [5.74, 6) is 0.549. The van der Waals surface area contributed by atoms with Crippen LogP contribution in [0.4, 0.5) is 0 Å². The maximum Gasteiger partial charge on any atom is 0.196 e. The average Bonchev–Trinajstić information content (AvgIpc) is 2.49. The van der Waals surface area contributed by atoms with Crippen LogP contribution in [-0.4, -0.2) is 5.78 Å². The molecule has 2 aliphatic carbocycles. The summed E-state index contributed by atoms with van der Waals surface area (Å²) in [7, 11) is 0. The largest absolute Gasteiger partial charge is 0.288 e. The predicted octanol–water partition coefficient (Wildman–Crippen LogP) is 8.07. The van der Waals surface area contributed by atoms with Gasteiger partial charge in [0.2, 0.25) is 0 Å². The Bertz CT molecular complexity index is 811. The maximum atomic E-state index is 13.3. The lowest BCUT2D eigenvalue weighted by Crippen LogP contribution is -2.14. The molecule has 26 heavy (non-hydrogen) atoms. The van der Waals surface area contributed by atoms with Gasteiger partial charge in [0, 0.05) is 21.2 Å². The summed E-state index contributed by atoms with van der Waals surface area (Å²) in [6.07, 6.45) is 6.69. The van der Waals surface area contributed by atoms with Crippen LogP contribution < -0.4 is 0 Å². The van der Waals surface area contributed by atoms with Gasteiger partial charge in [0.05, 0.1) is 10.0 Å². The molecule has 1 nitrogen and oxygen atoms in total. The fourth-order valence-electron chi connectivity index (χ4n) is 3.73. The highest BCUT2D eigenvalue weighted by molar-refractivity contribution is 6.41. The predicted molar refractivity (Wildman–Crippen MR) is 110 cm³/mol. The zero-order valence-corrected chi connectivity index (χ0v) is 17.2. The molecule has 2 aromatic rings. The van der Waals surface area contributed by atoms with E-state index in [9.17, 15) is 4.79 Å². The third-order valence-electron chi connectivity index (χ3n) is 5.71. The van der Waals surface area contributed by atoms with Crippen molar-refractivity contribution in [2.45, 2.75) is 50.4 Å². The van der Waals surface area contributed by atoms with Gasteiger partial charge in [0.15, 0.2) is 5.78 Å². The molecule has 2 saturated carbocycles. The van der Waals surface area contributed by atoms with Crippen LogP contribution in [0.1, 0.15) is 77.4 Å². The topological polar surface area (TPSA) is 17.1 Å². The van der Waals surface area contributed by atoms with Crippen LogP contribution >= 0.6 is 46.4 Å². The molecule has 5 heteroatoms. The number of benzene rings is 2. The van der Waals surface area contributed by atoms with Gasteiger partial charge in [-0.25, -0.2) is 0 Å². The van der Waals surface area contributed by atoms with Gasteiger partial charge in [-0.2, -0.15) is 0 Å². The number of ketones is 1. The summed E-state index contributed by atoms with van der Waals surface area (Å²) < 4.78 is 0. The molecule has 136 valence electrons. The Labute approximate surface area is 173 Å². The molecule has 0 radical (unpaired) electrons. The van der Waals surface area contributed by atoms with Gasteiger partial charge in [-0.1, -0.05) is 59.2 Å². The van der Waals surface area contributed by atoms with Crippen molar-refractivity contribution in [2.75, 3.05) is 0 Å². The van der Waals surface area contributed by atoms with Crippen LogP contribution in [0.5, 0.6) is 0 Å². The molecule has 4 rings (SSSR count). The molecule has 0 aromatic heterocycles. The first-order valence-corrected chi connectivity index (χ1v) is 10.5. The second-order valence-electron chi connectivity index (χ2n) is 7.30. The number of hydrogen-bond acceptors (Lipinski definition) is 1. The SMILES string of the molecule is O=C(c1cc(Cl)cc(C2CCC2)c1Cl)c1cc(Cl)cc(C2CCC2)c1Cl. The molecule has 2 fully saturated rings. The fourth-order valence-corrected chi connectivity index (χ4v) is 4.88. The lowest BCUT2D eigenvalue weighted by atomic mass is 9.78. The van der Waals surface area contributed by atoms with Crippen molar-refractivity contribution in [3.8, 4) is 0 Å². The van der Waals surface area contributed by atoms with Crippen LogP contribution in [0.3, 0.4) is 0 Å². The molecule has 2 aromatic carbocycles. The minimum atomic E-state index is -0.217. The van der Waals surface area contributed by atoms with Gasteiger partial charge in [-0.3, -0.25) is 4.79 Å². The summed E-state index contributed by atoms with van der Waals surface area (Å²) >= 11 is 25.8. The van der Waals surface area contributed by atoms with Crippen LogP contribution in [0.2, 0.25) is 20.1 Å². The smallest absolute Gasteiger partial charge is 0.196 e. The lowest BCUT2D eigenvalue weighted by Gasteiger charge is -2.28. The highest BCUT2D eigenvalue weighted by Crippen LogP contribution is 2.45. The van der Waals surface area contributed by atoms with Gasteiger partial charge >= 0.3 is 0 Å². The van der Waals surface area contributed by atoms with Gasteiger partial charge in [-0.15, -0.1) is 0 Å². The summed E-state index contributed by atoms with van der Waals surface area (Å²) in [5, 5.41) is 2.03. The maximum absolute atomic E-state index is 13.3. The fraction of sp³-hybridized carbons (Fsp3) is 0.381. The molecule has 0 amide bonds. The number of rotatable bonds is 4. The summed E-state index contributed by atoms with van der Waals surface area (Å²) in [5.41, 5.74) is 2.74. The van der Waals surface area contributed by atoms with Crippen molar-refractivity contribution in [1.29, 1.82) is 0 Å². The van der Waals surface area contributed by atoms with Gasteiger partial charge in [0.1, 0.15) is 0 Å². The van der Waals surface area contributed by atoms with Gasteiger partial charge < -0.3 is 0 Å². The van der Waals surface area contributed by atoms with Crippen LogP contribution in [0, 0.1) is 0 Å². The molecule has 0 unspecified atom stereocenters. The second kappa shape index (κ2) is 7.36. The number of halogens is 4. The zero-order valence-electron chi connectivity index (χ0n) is 14.1. The van der Waals surface area contributed by atoms with Crippen molar-refractivity contribution >= 4 is 52.2 Å². The molecule has 0 spiro atoms. The highest BCUT2D eigenvalue weighted by atomic mass is 35.5. The molecule has 2 aliphatic rings. The van der Waals surface area contributed by atoms with Gasteiger partial charge in [-0.05, 0) is 72.9 Å². The van der Waals surface area contributed by atoms with E-state index in [1.807, 2.05) is 12.1 Å². The Morgan fingerprint density at radius 3 is 1.38 bits per heavy atom. The van der Waals surface area contributed by atoms with E-state index in [-0.39, 0.29) is 5.78 Å². The minimum Gasteiger partial charge on any atom is -0.288 e. The summed E-state index contributed by atoms with van der Waals surface area (Å²) in [6.45, 7) is 0. The molecule has 0 N–H and O–H groups in total. The first-order valence-electron chi connectivity index (χ1n) is 8.98. The lowest BCUT2D eigenvalue weighted by molar-refractivity contribution is 0.103. The van der Waals surface area contributed by atoms with E-state index in [1.54, 1.807) is 12.1 Å². The molecule has 0 aliphatic heterocycles. The Morgan fingerprint density at radius 2 is 1.08 bits per heavy atom. The third kappa shape index (κ3) is 3.29. The monoisotopic (exact) mass is 426 g/mol. The van der Waals surface area contributed by atoms with E-state index < -0.39 is 0 Å². The zero-order chi connectivity index (χ0) is 18.4. The van der Waals surface area contributed by atoms with Crippen molar-refractivity contribution in [3.05, 3.63) is 66.6 Å². The molecular formula is C21H18Cl4O. The Balaban J connectivity index is 1.79. The van der Waals surface area contributed by atoms with Crippen molar-refractivity contribution in [1.82, 2.24) is 0 Å². The van der Waals surface area contributed by atoms with Crippen LogP contribution in [0.25, 0.3) is 0 Å². The highest BCUT2D eigenvalue weighted by Gasteiger charge is 2.29. The standard InChI is InChI=1S/C21H18Cl4O/c22-13-7-15(11-3-1-4-11)19(24)17(9-13)21(26)18-10-14(23)8-16(20(18)25)12-5-2-6-12/h7-12H,1-6H2. The average molecular weight is 428 g/mol. The van der Waals surface area contributed by atoms with E-state index in [0.29, 0.717) is 43.1 Å². The van der Waals surface area contributed by atoms with Crippen LogP contribution in [-0.2, 0) is 0 Å². The molecule has 0 heterocycles. The molecular weight excluding hydrogens is 410 g/mol. The van der Waals surface area contributed by atoms with Crippen molar-refractivity contribution in [3.63, 3.8) is 0 Å². The number of carbonyl (C=O) groups is 1. The van der Waals surface area contributed by atoms with Crippen LogP contribution in [0.15, 0.2) is 24.3 Å². The van der Waals surface area contributed by atoms with Gasteiger partial charge in [0.25, 0.3) is 0 Å². The normalized spacial score (nSPS) is 17.7. The van der Waals surface area contributed by atoms with E-state index in [1.165, 1.54) is 12.8 Å². The van der Waals surface area contributed by atoms with E-state index in [4.69, 9.17) is 46.4 Å². The Hall–Kier alpha value is -0.730. The first kappa shape index (κ1) is 18.6. The number of hydrogen-bond donors (Lipinski definition) is 0. The summed E-state index contributed by atoms with van der Waals surface area (Å²) in [4.78, 5) is 13.3. The Kier molecular flexibility index (Phi) is 5.27. The van der Waals surface area contributed by atoms with Crippen molar-refractivity contribution in [2.24, 2.45) is 0 Å². The Morgan fingerprint density at radius 1 is 0.692 bits per heavy atom. The summed E-state index contributed by atoms with van der Waals surface area (Å²) in [6, 6.07) is 7.02. The molecule has 0 atom stereocenters. The number of carbonyl (C=O) groups excluding carboxylic acids is 1. The molecule has 0 saturated heterocycles. The minimum absolute atomic E-state index is 0.217. The van der Waals surface area contributed by atoms with Crippen molar-refractivity contribution < 1.29 is 4.79 Å². The quantitative estimate of drug-likeness (QED) is 0.450. The third-order valence-corrected chi connectivity index (χ3v) is 6.99. The van der Waals surface area contributed by atoms with E-state index >= 15 is 0 Å². The van der Waals surface area contributed by atoms with E-state index in [0.717, 1.165) is 36.8 Å².